The van der Waals surface area contributed by atoms with Gasteiger partial charge in [-0.25, -0.2) is 13.8 Å². The first kappa shape index (κ1) is 27.7. The van der Waals surface area contributed by atoms with Gasteiger partial charge in [0.25, 0.3) is 5.91 Å². The second-order valence-electron chi connectivity index (χ2n) is 9.87. The molecule has 38 heavy (non-hydrogen) atoms. The normalized spacial score (nSPS) is 13.6. The number of amides is 2. The average Bonchev–Trinajstić information content (AvgIpc) is 3.47. The fourth-order valence-corrected chi connectivity index (χ4v) is 5.02. The second-order valence-corrected chi connectivity index (χ2v) is 9.87. The van der Waals surface area contributed by atoms with E-state index >= 15 is 0 Å². The quantitative estimate of drug-likeness (QED) is 0.323. The molecule has 0 saturated carbocycles. The maximum absolute atomic E-state index is 14.4. The fraction of sp³-hybridized carbons (Fsp3) is 0.483. The van der Waals surface area contributed by atoms with Gasteiger partial charge in [0.1, 0.15) is 17.5 Å². The third kappa shape index (κ3) is 6.56. The van der Waals surface area contributed by atoms with E-state index in [4.69, 9.17) is 4.98 Å². The van der Waals surface area contributed by atoms with Gasteiger partial charge in [-0.15, -0.1) is 0 Å². The molecule has 1 aromatic heterocycles. The van der Waals surface area contributed by atoms with Crippen molar-refractivity contribution in [2.24, 2.45) is 0 Å². The van der Waals surface area contributed by atoms with E-state index in [1.54, 1.807) is 4.90 Å². The third-order valence-corrected chi connectivity index (χ3v) is 6.89. The summed E-state index contributed by atoms with van der Waals surface area (Å²) in [7, 11) is 0. The summed E-state index contributed by atoms with van der Waals surface area (Å²) < 4.78 is 30.2. The maximum Gasteiger partial charge on any atom is 0.257 e. The smallest absolute Gasteiger partial charge is 0.257 e. The van der Waals surface area contributed by atoms with Crippen LogP contribution in [0.5, 0.6) is 0 Å². The van der Waals surface area contributed by atoms with E-state index < -0.39 is 17.5 Å². The van der Waals surface area contributed by atoms with Crippen LogP contribution >= 0.6 is 0 Å². The largest absolute Gasteiger partial charge is 0.343 e. The van der Waals surface area contributed by atoms with Gasteiger partial charge in [-0.05, 0) is 68.1 Å². The number of hydrogen-bond donors (Lipinski definition) is 1. The molecule has 1 aliphatic rings. The molecule has 7 nitrogen and oxygen atoms in total. The van der Waals surface area contributed by atoms with Crippen LogP contribution in [-0.4, -0.2) is 57.3 Å². The van der Waals surface area contributed by atoms with Crippen LogP contribution in [-0.2, 0) is 24.4 Å². The van der Waals surface area contributed by atoms with Gasteiger partial charge in [-0.3, -0.25) is 9.59 Å². The number of benzene rings is 2. The molecule has 2 amide bonds. The number of carbonyl (C=O) groups excluding carboxylic acids is 2. The predicted octanol–water partition coefficient (Wildman–Crippen LogP) is 4.88. The molecular weight excluding hydrogens is 488 g/mol. The number of imidazole rings is 1. The zero-order valence-corrected chi connectivity index (χ0v) is 22.3. The number of rotatable bonds is 13. The van der Waals surface area contributed by atoms with Crippen LogP contribution in [0.2, 0.25) is 0 Å². The molecule has 1 aliphatic heterocycles. The van der Waals surface area contributed by atoms with E-state index in [9.17, 15) is 18.4 Å². The highest BCUT2D eigenvalue weighted by Gasteiger charge is 2.23. The van der Waals surface area contributed by atoms with Crippen molar-refractivity contribution in [3.05, 3.63) is 65.0 Å². The van der Waals surface area contributed by atoms with Crippen molar-refractivity contribution in [3.63, 3.8) is 0 Å². The van der Waals surface area contributed by atoms with E-state index in [-0.39, 0.29) is 18.0 Å². The summed E-state index contributed by atoms with van der Waals surface area (Å²) in [4.78, 5) is 33.3. The van der Waals surface area contributed by atoms with E-state index in [0.717, 1.165) is 86.1 Å². The zero-order chi connectivity index (χ0) is 27.1. The van der Waals surface area contributed by atoms with Gasteiger partial charge in [0.15, 0.2) is 0 Å². The third-order valence-electron chi connectivity index (χ3n) is 6.89. The molecule has 0 bridgehead atoms. The van der Waals surface area contributed by atoms with Crippen molar-refractivity contribution in [3.8, 4) is 0 Å². The summed E-state index contributed by atoms with van der Waals surface area (Å²) in [6, 6.07) is 9.14. The lowest BCUT2D eigenvalue weighted by Gasteiger charge is -2.23. The molecule has 4 rings (SSSR count). The minimum absolute atomic E-state index is 0.208. The number of aryl methyl sites for hydroxylation is 1. The van der Waals surface area contributed by atoms with Gasteiger partial charge in [0.05, 0.1) is 23.1 Å². The number of hydrogen-bond acceptors (Lipinski definition) is 4. The van der Waals surface area contributed by atoms with Crippen molar-refractivity contribution < 1.29 is 18.4 Å². The molecule has 0 atom stereocenters. The lowest BCUT2D eigenvalue weighted by Crippen LogP contribution is -2.33. The molecule has 1 fully saturated rings. The molecule has 9 heteroatoms. The fourth-order valence-electron chi connectivity index (χ4n) is 5.02. The van der Waals surface area contributed by atoms with Gasteiger partial charge in [0, 0.05) is 39.1 Å². The number of nitrogens with zero attached hydrogens (tertiary/aromatic N) is 4. The van der Waals surface area contributed by atoms with E-state index in [1.165, 1.54) is 0 Å². The van der Waals surface area contributed by atoms with E-state index in [1.807, 2.05) is 11.8 Å². The van der Waals surface area contributed by atoms with Crippen LogP contribution in [0.15, 0.2) is 36.4 Å². The van der Waals surface area contributed by atoms with Crippen molar-refractivity contribution in [1.82, 2.24) is 24.7 Å². The standard InChI is InChI=1S/C29H37F2N5O2/c1-3-13-35(29(38)23-18-22(30)9-10-24(23)31)20-27-33-25-17-21(8-11-26(25)36(27)14-4-2)19-32-12-6-16-34-15-5-7-28(34)37/h8-11,17-18,32H,3-7,12-16,19-20H2,1-2H3. The lowest BCUT2D eigenvalue weighted by atomic mass is 10.1. The minimum Gasteiger partial charge on any atom is -0.343 e. The monoisotopic (exact) mass is 525 g/mol. The Balaban J connectivity index is 1.46. The molecule has 2 heterocycles. The van der Waals surface area contributed by atoms with Crippen molar-refractivity contribution >= 4 is 22.8 Å². The summed E-state index contributed by atoms with van der Waals surface area (Å²) >= 11 is 0. The SMILES string of the molecule is CCCN(Cc1nc2cc(CNCCCN3CCCC3=O)ccc2n1CCC)C(=O)c1cc(F)ccc1F. The topological polar surface area (TPSA) is 70.5 Å². The van der Waals surface area contributed by atoms with Gasteiger partial charge in [0.2, 0.25) is 5.91 Å². The molecule has 0 spiro atoms. The first-order valence-corrected chi connectivity index (χ1v) is 13.6. The highest BCUT2D eigenvalue weighted by Crippen LogP contribution is 2.22. The molecule has 0 unspecified atom stereocenters. The van der Waals surface area contributed by atoms with E-state index in [2.05, 4.69) is 35.0 Å². The van der Waals surface area contributed by atoms with Crippen LogP contribution in [0, 0.1) is 11.6 Å². The molecule has 0 aliphatic carbocycles. The van der Waals surface area contributed by atoms with Crippen molar-refractivity contribution in [2.45, 2.75) is 65.6 Å². The number of fused-ring (bicyclic) bond motifs is 1. The van der Waals surface area contributed by atoms with Gasteiger partial charge in [-0.2, -0.15) is 0 Å². The number of halogens is 2. The van der Waals surface area contributed by atoms with Crippen molar-refractivity contribution in [2.75, 3.05) is 26.2 Å². The highest BCUT2D eigenvalue weighted by atomic mass is 19.1. The van der Waals surface area contributed by atoms with Crippen LogP contribution < -0.4 is 5.32 Å². The Labute approximate surface area is 222 Å². The minimum atomic E-state index is -0.733. The summed E-state index contributed by atoms with van der Waals surface area (Å²) in [5.74, 6) is -0.937. The number of aromatic nitrogens is 2. The first-order valence-electron chi connectivity index (χ1n) is 13.6. The average molecular weight is 526 g/mol. The molecular formula is C29H37F2N5O2. The number of nitrogens with one attached hydrogen (secondary N) is 1. The second kappa shape index (κ2) is 13.0. The molecule has 2 aromatic carbocycles. The predicted molar refractivity (Wildman–Crippen MR) is 144 cm³/mol. The molecule has 3 aromatic rings. The number of likely N-dealkylation sites (tertiary alicyclic amines) is 1. The molecule has 204 valence electrons. The van der Waals surface area contributed by atoms with Gasteiger partial charge >= 0.3 is 0 Å². The summed E-state index contributed by atoms with van der Waals surface area (Å²) in [5.41, 5.74) is 2.67. The van der Waals surface area contributed by atoms with Crippen molar-refractivity contribution in [1.29, 1.82) is 0 Å². The Morgan fingerprint density at radius 3 is 2.68 bits per heavy atom. The zero-order valence-electron chi connectivity index (χ0n) is 22.3. The van der Waals surface area contributed by atoms with E-state index in [0.29, 0.717) is 25.9 Å². The Morgan fingerprint density at radius 1 is 1.11 bits per heavy atom. The van der Waals surface area contributed by atoms with Gasteiger partial charge in [-0.1, -0.05) is 19.9 Å². The molecule has 0 radical (unpaired) electrons. The Kier molecular flexibility index (Phi) is 9.44. The van der Waals surface area contributed by atoms with Gasteiger partial charge < -0.3 is 19.7 Å². The van der Waals surface area contributed by atoms with Crippen LogP contribution in [0.4, 0.5) is 8.78 Å². The van der Waals surface area contributed by atoms with Crippen LogP contribution in [0.3, 0.4) is 0 Å². The van der Waals surface area contributed by atoms with Crippen LogP contribution in [0.1, 0.15) is 67.7 Å². The first-order chi connectivity index (χ1) is 18.4. The molecule has 1 N–H and O–H groups in total. The Bertz CT molecular complexity index is 1280. The summed E-state index contributed by atoms with van der Waals surface area (Å²) in [5, 5.41) is 3.45. The number of carbonyl (C=O) groups is 2. The Hall–Kier alpha value is -3.33. The summed E-state index contributed by atoms with van der Waals surface area (Å²) in [6.07, 6.45) is 4.12. The van der Waals surface area contributed by atoms with Crippen LogP contribution in [0.25, 0.3) is 11.0 Å². The lowest BCUT2D eigenvalue weighted by molar-refractivity contribution is -0.127. The maximum atomic E-state index is 14.4. The Morgan fingerprint density at radius 2 is 1.95 bits per heavy atom. The molecule has 1 saturated heterocycles. The summed E-state index contributed by atoms with van der Waals surface area (Å²) in [6.45, 7) is 8.56. The highest BCUT2D eigenvalue weighted by molar-refractivity contribution is 5.94.